The molecule has 1 heterocycles. The van der Waals surface area contributed by atoms with Crippen molar-refractivity contribution < 1.29 is 32.9 Å². The van der Waals surface area contributed by atoms with E-state index in [2.05, 4.69) is 15.2 Å². The lowest BCUT2D eigenvalue weighted by atomic mass is 9.97. The van der Waals surface area contributed by atoms with Crippen molar-refractivity contribution in [2.45, 2.75) is 32.5 Å². The topological polar surface area (TPSA) is 149 Å². The van der Waals surface area contributed by atoms with E-state index in [1.165, 1.54) is 12.1 Å². The second-order valence-corrected chi connectivity index (χ2v) is 12.1. The summed E-state index contributed by atoms with van der Waals surface area (Å²) in [7, 11) is 0. The van der Waals surface area contributed by atoms with Crippen LogP contribution in [0.25, 0.3) is 0 Å². The van der Waals surface area contributed by atoms with E-state index in [0.29, 0.717) is 36.2 Å². The largest absolute Gasteiger partial charge is 0.494 e. The van der Waals surface area contributed by atoms with Crippen LogP contribution in [-0.2, 0) is 22.7 Å². The van der Waals surface area contributed by atoms with Gasteiger partial charge in [-0.25, -0.2) is 14.0 Å². The maximum absolute atomic E-state index is 14.8. The Morgan fingerprint density at radius 2 is 1.47 bits per heavy atom. The first-order valence-corrected chi connectivity index (χ1v) is 16.8. The molecule has 12 heteroatoms. The van der Waals surface area contributed by atoms with Crippen LogP contribution in [0.5, 0.6) is 11.5 Å². The van der Waals surface area contributed by atoms with Crippen LogP contribution in [0.15, 0.2) is 108 Å². The Balaban J connectivity index is 0.941. The van der Waals surface area contributed by atoms with Gasteiger partial charge in [0.1, 0.15) is 42.2 Å². The minimum atomic E-state index is -0.831. The summed E-state index contributed by atoms with van der Waals surface area (Å²) in [5.41, 5.74) is 8.20. The fourth-order valence-electron chi connectivity index (χ4n) is 5.42. The lowest BCUT2D eigenvalue weighted by Gasteiger charge is -2.31. The number of ether oxygens (including phenoxy) is 4. The molecule has 5 rings (SSSR count). The highest BCUT2D eigenvalue weighted by Crippen LogP contribution is 2.22. The lowest BCUT2D eigenvalue weighted by molar-refractivity contribution is 0.135. The number of alkyl carbamates (subject to hydrolysis) is 1. The first-order chi connectivity index (χ1) is 24.8. The molecule has 1 fully saturated rings. The van der Waals surface area contributed by atoms with Gasteiger partial charge in [0.25, 0.3) is 0 Å². The molecule has 2 amide bonds. The number of carbonyl (C=O) groups excluding carboxylic acids is 2. The number of aliphatic imine (C=N–C) groups is 1. The molecule has 266 valence electrons. The van der Waals surface area contributed by atoms with Crippen molar-refractivity contribution in [2.24, 2.45) is 16.6 Å². The SMILES string of the molecule is N=C(NC(=O)OCc1ccccc1)c1ccc(OCC2CCN(CCCOc3ccc(C(N)=NC(=O)OCc4ccccc4)cc3)CC2)cc1F. The number of hydrogen-bond donors (Lipinski definition) is 3. The third-order valence-corrected chi connectivity index (χ3v) is 8.30. The Bertz CT molecular complexity index is 1760. The van der Waals surface area contributed by atoms with E-state index in [9.17, 15) is 14.0 Å². The van der Waals surface area contributed by atoms with Crippen LogP contribution >= 0.6 is 0 Å². The molecule has 0 unspecified atom stereocenters. The molecule has 11 nitrogen and oxygen atoms in total. The van der Waals surface area contributed by atoms with Gasteiger partial charge in [-0.15, -0.1) is 0 Å². The number of piperidine rings is 1. The minimum Gasteiger partial charge on any atom is -0.494 e. The van der Waals surface area contributed by atoms with E-state index >= 15 is 0 Å². The summed E-state index contributed by atoms with van der Waals surface area (Å²) >= 11 is 0. The molecule has 1 aliphatic heterocycles. The van der Waals surface area contributed by atoms with Gasteiger partial charge < -0.3 is 29.6 Å². The number of amides is 2. The number of likely N-dealkylation sites (tertiary alicyclic amines) is 1. The number of rotatable bonds is 14. The second-order valence-electron chi connectivity index (χ2n) is 12.1. The van der Waals surface area contributed by atoms with Crippen molar-refractivity contribution in [2.75, 3.05) is 32.8 Å². The van der Waals surface area contributed by atoms with Crippen molar-refractivity contribution in [3.63, 3.8) is 0 Å². The van der Waals surface area contributed by atoms with Crippen LogP contribution in [-0.4, -0.2) is 61.6 Å². The number of carbonyl (C=O) groups is 2. The van der Waals surface area contributed by atoms with Gasteiger partial charge >= 0.3 is 12.2 Å². The molecule has 1 aliphatic rings. The fourth-order valence-corrected chi connectivity index (χ4v) is 5.42. The van der Waals surface area contributed by atoms with Crippen molar-refractivity contribution in [3.05, 3.63) is 131 Å². The van der Waals surface area contributed by atoms with Gasteiger partial charge in [-0.1, -0.05) is 60.7 Å². The molecule has 4 aromatic rings. The Morgan fingerprint density at radius 3 is 2.12 bits per heavy atom. The molecule has 1 saturated heterocycles. The van der Waals surface area contributed by atoms with E-state index in [0.717, 1.165) is 50.0 Å². The highest BCUT2D eigenvalue weighted by molar-refractivity contribution is 6.04. The summed E-state index contributed by atoms with van der Waals surface area (Å²) in [5, 5.41) is 10.4. The van der Waals surface area contributed by atoms with Gasteiger partial charge in [0.15, 0.2) is 0 Å². The summed E-state index contributed by atoms with van der Waals surface area (Å²) in [4.78, 5) is 30.3. The number of benzene rings is 4. The molecule has 0 saturated carbocycles. The average Bonchev–Trinajstić information content (AvgIpc) is 3.15. The van der Waals surface area contributed by atoms with Gasteiger partial charge in [0.05, 0.1) is 18.8 Å². The molecule has 0 aliphatic carbocycles. The number of amidine groups is 2. The van der Waals surface area contributed by atoms with E-state index in [4.69, 9.17) is 30.1 Å². The van der Waals surface area contributed by atoms with E-state index < -0.39 is 18.0 Å². The predicted octanol–water partition coefficient (Wildman–Crippen LogP) is 6.68. The number of hydrogen-bond acceptors (Lipinski definition) is 8. The number of nitrogens with zero attached hydrogens (tertiary/aromatic N) is 2. The van der Waals surface area contributed by atoms with Gasteiger partial charge in [-0.2, -0.15) is 4.99 Å². The van der Waals surface area contributed by atoms with Crippen molar-refractivity contribution in [3.8, 4) is 11.5 Å². The van der Waals surface area contributed by atoms with E-state index in [1.807, 2.05) is 60.7 Å². The highest BCUT2D eigenvalue weighted by atomic mass is 19.1. The predicted molar refractivity (Wildman–Crippen MR) is 192 cm³/mol. The number of nitrogens with one attached hydrogen (secondary N) is 2. The summed E-state index contributed by atoms with van der Waals surface area (Å²) in [6, 6.07) is 29.8. The first-order valence-electron chi connectivity index (χ1n) is 16.8. The van der Waals surface area contributed by atoms with Crippen LogP contribution < -0.4 is 20.5 Å². The van der Waals surface area contributed by atoms with Crippen LogP contribution in [0.3, 0.4) is 0 Å². The first kappa shape index (κ1) is 36.5. The van der Waals surface area contributed by atoms with Crippen LogP contribution in [0.2, 0.25) is 0 Å². The Hall–Kier alpha value is -5.75. The van der Waals surface area contributed by atoms with Gasteiger partial charge in [-0.05, 0) is 85.8 Å². The van der Waals surface area contributed by atoms with Crippen LogP contribution in [0.4, 0.5) is 14.0 Å². The average molecular weight is 696 g/mol. The Kier molecular flexibility index (Phi) is 13.5. The molecular weight excluding hydrogens is 653 g/mol. The molecule has 0 aromatic heterocycles. The Labute approximate surface area is 296 Å². The third kappa shape index (κ3) is 12.0. The Morgan fingerprint density at radius 1 is 0.843 bits per heavy atom. The molecule has 4 N–H and O–H groups in total. The van der Waals surface area contributed by atoms with Crippen molar-refractivity contribution in [1.82, 2.24) is 10.2 Å². The highest BCUT2D eigenvalue weighted by Gasteiger charge is 2.20. The monoisotopic (exact) mass is 695 g/mol. The summed E-state index contributed by atoms with van der Waals surface area (Å²) in [5.74, 6) is 0.443. The molecule has 51 heavy (non-hydrogen) atoms. The smallest absolute Gasteiger partial charge is 0.435 e. The molecular formula is C39H42FN5O6. The van der Waals surface area contributed by atoms with Crippen LogP contribution in [0.1, 0.15) is 41.5 Å². The second kappa shape index (κ2) is 18.9. The van der Waals surface area contributed by atoms with E-state index in [1.54, 1.807) is 30.3 Å². The maximum Gasteiger partial charge on any atom is 0.435 e. The van der Waals surface area contributed by atoms with Crippen LogP contribution in [0, 0.1) is 17.1 Å². The molecule has 0 radical (unpaired) electrons. The fraction of sp³-hybridized carbons (Fsp3) is 0.282. The molecule has 0 atom stereocenters. The normalized spacial score (nSPS) is 13.6. The maximum atomic E-state index is 14.8. The van der Waals surface area contributed by atoms with Crippen molar-refractivity contribution >= 4 is 23.9 Å². The zero-order valence-corrected chi connectivity index (χ0v) is 28.3. The molecule has 0 spiro atoms. The summed E-state index contributed by atoms with van der Waals surface area (Å²) < 4.78 is 36.8. The van der Waals surface area contributed by atoms with Gasteiger partial charge in [-0.3, -0.25) is 10.7 Å². The van der Waals surface area contributed by atoms with Gasteiger partial charge in [0, 0.05) is 18.2 Å². The standard InChI is InChI=1S/C39H42FN5O6/c40-35-24-33(16-17-34(35)37(42)44-39(47)51-27-29-10-5-2-6-11-29)49-25-30-18-21-45(22-19-30)20-7-23-48-32-14-12-31(13-15-32)36(41)43-38(46)50-26-28-8-3-1-4-9-28/h1-6,8-17,24,30H,7,18-23,25-27H2,(H2,41,43,46)(H2,42,44,47). The molecule has 4 aromatic carbocycles. The number of halogens is 1. The summed E-state index contributed by atoms with van der Waals surface area (Å²) in [6.45, 7) is 3.98. The van der Waals surface area contributed by atoms with Gasteiger partial charge in [0.2, 0.25) is 0 Å². The lowest BCUT2D eigenvalue weighted by Crippen LogP contribution is -2.36. The zero-order valence-electron chi connectivity index (χ0n) is 28.3. The molecule has 0 bridgehead atoms. The van der Waals surface area contributed by atoms with E-state index in [-0.39, 0.29) is 30.4 Å². The zero-order chi connectivity index (χ0) is 35.8. The quantitative estimate of drug-likeness (QED) is 0.0752. The number of nitrogens with two attached hydrogens (primary N) is 1. The minimum absolute atomic E-state index is 0.0469. The van der Waals surface area contributed by atoms with Crippen molar-refractivity contribution in [1.29, 1.82) is 5.41 Å². The third-order valence-electron chi connectivity index (χ3n) is 8.30. The summed E-state index contributed by atoms with van der Waals surface area (Å²) in [6.07, 6.45) is 1.21.